The molecule has 2 saturated carbocycles. The second kappa shape index (κ2) is 10.6. The van der Waals surface area contributed by atoms with Gasteiger partial charge in [0.25, 0.3) is 0 Å². The zero-order chi connectivity index (χ0) is 20.7. The van der Waals surface area contributed by atoms with E-state index in [1.54, 1.807) is 0 Å². The molecule has 4 nitrogen and oxygen atoms in total. The van der Waals surface area contributed by atoms with Crippen molar-refractivity contribution in [3.8, 4) is 5.75 Å². The molecule has 0 spiro atoms. The van der Waals surface area contributed by atoms with Gasteiger partial charge in [-0.15, -0.1) is 0 Å². The number of aromatic hydroxyl groups is 1. The Labute approximate surface area is 171 Å². The molecule has 4 heteroatoms. The minimum absolute atomic E-state index is 0.351. The van der Waals surface area contributed by atoms with E-state index in [2.05, 4.69) is 13.0 Å². The van der Waals surface area contributed by atoms with Gasteiger partial charge in [0, 0.05) is 13.7 Å². The Morgan fingerprint density at radius 3 is 2.61 bits per heavy atom. The summed E-state index contributed by atoms with van der Waals surface area (Å²) < 4.78 is 6.27. The maximum absolute atomic E-state index is 9.79. The summed E-state index contributed by atoms with van der Waals surface area (Å²) in [6.07, 6.45) is 8.87. The number of fused-ring (bicyclic) bond motifs is 5. The third kappa shape index (κ3) is 4.39. The van der Waals surface area contributed by atoms with Gasteiger partial charge in [-0.2, -0.15) is 0 Å². The van der Waals surface area contributed by atoms with Crippen molar-refractivity contribution in [2.75, 3.05) is 20.3 Å². The molecule has 0 aromatic heterocycles. The lowest BCUT2D eigenvalue weighted by Crippen LogP contribution is -2.44. The molecule has 0 amide bonds. The molecule has 28 heavy (non-hydrogen) atoms. The summed E-state index contributed by atoms with van der Waals surface area (Å²) in [5.74, 6) is 2.70. The van der Waals surface area contributed by atoms with Gasteiger partial charge in [0.05, 0.1) is 6.10 Å². The number of hydrogen-bond donors (Lipinski definition) is 3. The van der Waals surface area contributed by atoms with E-state index in [0.717, 1.165) is 44.9 Å². The maximum Gasteiger partial charge on any atom is 0.115 e. The summed E-state index contributed by atoms with van der Waals surface area (Å²) in [7, 11) is 1.00. The number of ether oxygens (including phenoxy) is 1. The van der Waals surface area contributed by atoms with Gasteiger partial charge in [-0.05, 0) is 97.9 Å². The summed E-state index contributed by atoms with van der Waals surface area (Å²) in [6, 6.07) is 6.06. The third-order valence-corrected chi connectivity index (χ3v) is 7.29. The Hall–Kier alpha value is -1.10. The van der Waals surface area contributed by atoms with E-state index >= 15 is 0 Å². The van der Waals surface area contributed by atoms with E-state index in [9.17, 15) is 5.11 Å². The van der Waals surface area contributed by atoms with E-state index < -0.39 is 0 Å². The van der Waals surface area contributed by atoms with Gasteiger partial charge in [-0.1, -0.05) is 26.8 Å². The molecular weight excluding hydrogens is 350 g/mol. The monoisotopic (exact) mass is 391 g/mol. The molecule has 1 aromatic rings. The summed E-state index contributed by atoms with van der Waals surface area (Å²) in [4.78, 5) is 0. The van der Waals surface area contributed by atoms with Gasteiger partial charge in [0.2, 0.25) is 0 Å². The summed E-state index contributed by atoms with van der Waals surface area (Å²) in [5, 5.41) is 16.8. The Balaban J connectivity index is 0.000000660. The average molecular weight is 392 g/mol. The van der Waals surface area contributed by atoms with Crippen LogP contribution in [0.3, 0.4) is 0 Å². The Bertz CT molecular complexity index is 606. The molecule has 3 aliphatic rings. The van der Waals surface area contributed by atoms with Crippen molar-refractivity contribution in [1.29, 1.82) is 0 Å². The maximum atomic E-state index is 9.79. The predicted molar refractivity (Wildman–Crippen MR) is 116 cm³/mol. The highest BCUT2D eigenvalue weighted by Crippen LogP contribution is 2.61. The second-order valence-corrected chi connectivity index (χ2v) is 8.42. The van der Waals surface area contributed by atoms with Gasteiger partial charge in [-0.25, -0.2) is 0 Å². The van der Waals surface area contributed by atoms with Crippen molar-refractivity contribution < 1.29 is 14.9 Å². The molecule has 1 aromatic carbocycles. The Kier molecular flexibility index (Phi) is 8.79. The SMILES string of the molecule is CC.CC12CCC3c4ccc(O)cc4CCC3C1CCC2OCCCN.CO. The Morgan fingerprint density at radius 2 is 1.89 bits per heavy atom. The van der Waals surface area contributed by atoms with Crippen LogP contribution in [0.2, 0.25) is 0 Å². The number of hydrogen-bond acceptors (Lipinski definition) is 4. The standard InChI is InChI=1S/C21H31NO2.C2H6.CH4O/c1-21-10-9-17-16-6-4-15(23)13-14(16)3-5-18(17)19(21)7-8-20(21)24-12-2-11-22;2*1-2/h4,6,13,17-20,23H,2-3,5,7-12,22H2,1H3;1-2H3;2H,1H3. The highest BCUT2D eigenvalue weighted by molar-refractivity contribution is 5.40. The minimum atomic E-state index is 0.351. The van der Waals surface area contributed by atoms with Crippen LogP contribution in [0.4, 0.5) is 0 Å². The van der Waals surface area contributed by atoms with E-state index in [0.29, 0.717) is 23.2 Å². The fraction of sp³-hybridized carbons (Fsp3) is 0.750. The topological polar surface area (TPSA) is 75.7 Å². The number of phenolic OH excluding ortho intramolecular Hbond substituents is 1. The third-order valence-electron chi connectivity index (χ3n) is 7.29. The lowest BCUT2D eigenvalue weighted by atomic mass is 9.55. The van der Waals surface area contributed by atoms with Crippen LogP contribution in [0, 0.1) is 17.3 Å². The summed E-state index contributed by atoms with van der Waals surface area (Å²) in [6.45, 7) is 8.03. The first-order chi connectivity index (χ1) is 13.6. The highest BCUT2D eigenvalue weighted by Gasteiger charge is 2.55. The van der Waals surface area contributed by atoms with Crippen LogP contribution >= 0.6 is 0 Å². The molecule has 5 unspecified atom stereocenters. The normalized spacial score (nSPS) is 32.6. The lowest BCUT2D eigenvalue weighted by Gasteiger charge is -2.50. The van der Waals surface area contributed by atoms with Crippen molar-refractivity contribution >= 4 is 0 Å². The number of rotatable bonds is 4. The van der Waals surface area contributed by atoms with E-state index in [4.69, 9.17) is 15.6 Å². The number of benzene rings is 1. The van der Waals surface area contributed by atoms with Crippen LogP contribution in [-0.2, 0) is 11.2 Å². The van der Waals surface area contributed by atoms with Crippen LogP contribution in [0.5, 0.6) is 5.75 Å². The number of nitrogens with two attached hydrogens (primary N) is 1. The Morgan fingerprint density at radius 1 is 1.14 bits per heavy atom. The van der Waals surface area contributed by atoms with E-state index in [1.807, 2.05) is 26.0 Å². The molecular formula is C24H41NO3. The zero-order valence-corrected chi connectivity index (χ0v) is 18.3. The molecule has 2 fully saturated rings. The molecule has 4 N–H and O–H groups in total. The first-order valence-corrected chi connectivity index (χ1v) is 11.2. The fourth-order valence-electron chi connectivity index (χ4n) is 6.10. The predicted octanol–water partition coefficient (Wildman–Crippen LogP) is 4.62. The highest BCUT2D eigenvalue weighted by atomic mass is 16.5. The molecule has 160 valence electrons. The summed E-state index contributed by atoms with van der Waals surface area (Å²) in [5.41, 5.74) is 8.87. The van der Waals surface area contributed by atoms with E-state index in [1.165, 1.54) is 43.2 Å². The largest absolute Gasteiger partial charge is 0.508 e. The quantitative estimate of drug-likeness (QED) is 0.655. The molecule has 0 heterocycles. The van der Waals surface area contributed by atoms with Crippen LogP contribution < -0.4 is 5.73 Å². The molecule has 4 rings (SSSR count). The van der Waals surface area contributed by atoms with Gasteiger partial charge >= 0.3 is 0 Å². The molecule has 5 atom stereocenters. The van der Waals surface area contributed by atoms with Crippen molar-refractivity contribution in [2.24, 2.45) is 23.0 Å². The smallest absolute Gasteiger partial charge is 0.115 e. The van der Waals surface area contributed by atoms with Crippen LogP contribution in [0.25, 0.3) is 0 Å². The van der Waals surface area contributed by atoms with E-state index in [-0.39, 0.29) is 0 Å². The van der Waals surface area contributed by atoms with Gasteiger partial charge in [-0.3, -0.25) is 0 Å². The van der Waals surface area contributed by atoms with Gasteiger partial charge < -0.3 is 20.7 Å². The van der Waals surface area contributed by atoms with Crippen LogP contribution in [0.15, 0.2) is 18.2 Å². The van der Waals surface area contributed by atoms with Crippen molar-refractivity contribution in [2.45, 2.75) is 77.7 Å². The van der Waals surface area contributed by atoms with Crippen molar-refractivity contribution in [1.82, 2.24) is 0 Å². The first-order valence-electron chi connectivity index (χ1n) is 11.2. The number of phenols is 1. The first kappa shape index (κ1) is 23.2. The van der Waals surface area contributed by atoms with Crippen molar-refractivity contribution in [3.63, 3.8) is 0 Å². The summed E-state index contributed by atoms with van der Waals surface area (Å²) >= 11 is 0. The minimum Gasteiger partial charge on any atom is -0.508 e. The number of aliphatic hydroxyl groups is 1. The molecule has 0 saturated heterocycles. The molecule has 0 radical (unpaired) electrons. The number of aliphatic hydroxyl groups excluding tert-OH is 1. The average Bonchev–Trinajstić information content (AvgIpc) is 3.07. The lowest BCUT2D eigenvalue weighted by molar-refractivity contribution is -0.0639. The second-order valence-electron chi connectivity index (χ2n) is 8.42. The van der Waals surface area contributed by atoms with Crippen molar-refractivity contribution in [3.05, 3.63) is 29.3 Å². The molecule has 0 bridgehead atoms. The fourth-order valence-corrected chi connectivity index (χ4v) is 6.10. The van der Waals surface area contributed by atoms with Crippen LogP contribution in [0.1, 0.15) is 76.3 Å². The van der Waals surface area contributed by atoms with Gasteiger partial charge in [0.15, 0.2) is 0 Å². The molecule has 0 aliphatic heterocycles. The number of aryl methyl sites for hydroxylation is 1. The van der Waals surface area contributed by atoms with Crippen LogP contribution in [-0.4, -0.2) is 36.6 Å². The van der Waals surface area contributed by atoms with Gasteiger partial charge in [0.1, 0.15) is 5.75 Å². The molecule has 3 aliphatic carbocycles. The zero-order valence-electron chi connectivity index (χ0n) is 18.3.